The molecule has 0 atom stereocenters. The van der Waals surface area contributed by atoms with Gasteiger partial charge < -0.3 is 4.74 Å². The molecule has 0 aliphatic heterocycles. The number of benzene rings is 2. The summed E-state index contributed by atoms with van der Waals surface area (Å²) in [5.74, 6) is 0.163. The monoisotopic (exact) mass is 524 g/mol. The van der Waals surface area contributed by atoms with Gasteiger partial charge in [-0.2, -0.15) is 5.26 Å². The van der Waals surface area contributed by atoms with Gasteiger partial charge in [-0.15, -0.1) is 0 Å². The van der Waals surface area contributed by atoms with Gasteiger partial charge in [0.25, 0.3) is 11.5 Å². The highest BCUT2D eigenvalue weighted by molar-refractivity contribution is 9.10. The summed E-state index contributed by atoms with van der Waals surface area (Å²) < 4.78 is 7.58. The Morgan fingerprint density at radius 2 is 1.91 bits per heavy atom. The maximum absolute atomic E-state index is 12.6. The Hall–Kier alpha value is -3.48. The van der Waals surface area contributed by atoms with E-state index in [-0.39, 0.29) is 10.7 Å². The second-order valence-corrected chi connectivity index (χ2v) is 8.48. The first-order valence-electron chi connectivity index (χ1n) is 10.0. The number of hydrogen-bond acceptors (Lipinski definition) is 5. The molecule has 0 bridgehead atoms. The second-order valence-electron chi connectivity index (χ2n) is 7.22. The first-order valence-corrected chi connectivity index (χ1v) is 11.2. The molecular formula is C24H21BrN4O3S. The minimum atomic E-state index is -0.536. The number of rotatable bonds is 6. The summed E-state index contributed by atoms with van der Waals surface area (Å²) in [7, 11) is 0. The van der Waals surface area contributed by atoms with Gasteiger partial charge in [0.05, 0.1) is 11.1 Å². The highest BCUT2D eigenvalue weighted by Gasteiger charge is 2.14. The summed E-state index contributed by atoms with van der Waals surface area (Å²) in [5.41, 5.74) is 4.79. The van der Waals surface area contributed by atoms with Crippen molar-refractivity contribution >= 4 is 39.2 Å². The molecule has 33 heavy (non-hydrogen) atoms. The van der Waals surface area contributed by atoms with Crippen LogP contribution in [0.1, 0.15) is 32.7 Å². The Morgan fingerprint density at radius 1 is 1.18 bits per heavy atom. The van der Waals surface area contributed by atoms with E-state index in [0.29, 0.717) is 33.6 Å². The summed E-state index contributed by atoms with van der Waals surface area (Å²) in [6.07, 6.45) is 0.765. The lowest BCUT2D eigenvalue weighted by Gasteiger charge is -2.15. The lowest BCUT2D eigenvalue weighted by Crippen LogP contribution is -2.43. The van der Waals surface area contributed by atoms with Gasteiger partial charge in [0, 0.05) is 17.7 Å². The maximum Gasteiger partial charge on any atom is 0.287 e. The van der Waals surface area contributed by atoms with Gasteiger partial charge in [0.1, 0.15) is 17.4 Å². The van der Waals surface area contributed by atoms with E-state index < -0.39 is 11.5 Å². The Balaban J connectivity index is 1.62. The molecule has 0 radical (unpaired) electrons. The number of carbonyl (C=O) groups excluding carboxylic acids is 1. The van der Waals surface area contributed by atoms with Gasteiger partial charge in [0.15, 0.2) is 5.11 Å². The Morgan fingerprint density at radius 3 is 2.58 bits per heavy atom. The van der Waals surface area contributed by atoms with Crippen molar-refractivity contribution in [2.24, 2.45) is 0 Å². The number of nitrogens with one attached hydrogen (secondary N) is 2. The Bertz CT molecular complexity index is 1300. The highest BCUT2D eigenvalue weighted by atomic mass is 79.9. The largest absolute Gasteiger partial charge is 0.492 e. The van der Waals surface area contributed by atoms with Crippen LogP contribution in [0.25, 0.3) is 0 Å². The van der Waals surface area contributed by atoms with Crippen LogP contribution >= 0.6 is 28.1 Å². The fourth-order valence-electron chi connectivity index (χ4n) is 3.15. The van der Waals surface area contributed by atoms with Gasteiger partial charge in [0.2, 0.25) is 0 Å². The number of carbonyl (C=O) groups is 1. The summed E-state index contributed by atoms with van der Waals surface area (Å²) in [6.45, 7) is 3.88. The average Bonchev–Trinajstić information content (AvgIpc) is 2.78. The summed E-state index contributed by atoms with van der Waals surface area (Å²) >= 11 is 8.62. The molecule has 0 aliphatic carbocycles. The average molecular weight is 525 g/mol. The van der Waals surface area contributed by atoms with Crippen LogP contribution in [-0.4, -0.2) is 22.3 Å². The number of aryl methyl sites for hydroxylation is 2. The molecule has 1 amide bonds. The zero-order valence-corrected chi connectivity index (χ0v) is 20.4. The van der Waals surface area contributed by atoms with Gasteiger partial charge in [-0.1, -0.05) is 30.3 Å². The van der Waals surface area contributed by atoms with Crippen molar-refractivity contribution in [3.8, 4) is 11.8 Å². The van der Waals surface area contributed by atoms with Gasteiger partial charge in [-0.25, -0.2) is 4.68 Å². The van der Waals surface area contributed by atoms with Crippen LogP contribution in [0.2, 0.25) is 0 Å². The van der Waals surface area contributed by atoms with Crippen LogP contribution in [0, 0.1) is 25.2 Å². The molecule has 3 rings (SSSR count). The number of hydrogen-bond donors (Lipinski definition) is 2. The number of ether oxygens (including phenoxy) is 1. The predicted octanol–water partition coefficient (Wildman–Crippen LogP) is 3.98. The molecule has 7 nitrogen and oxygen atoms in total. The minimum Gasteiger partial charge on any atom is -0.492 e. The predicted molar refractivity (Wildman–Crippen MR) is 134 cm³/mol. The van der Waals surface area contributed by atoms with Crippen LogP contribution in [0.4, 0.5) is 0 Å². The molecular weight excluding hydrogens is 504 g/mol. The molecule has 3 aromatic rings. The van der Waals surface area contributed by atoms with Crippen LogP contribution in [-0.2, 0) is 6.42 Å². The molecule has 9 heteroatoms. The number of amides is 1. The molecule has 1 aromatic heterocycles. The van der Waals surface area contributed by atoms with Crippen LogP contribution in [0.15, 0.2) is 63.9 Å². The molecule has 2 N–H and O–H groups in total. The Kier molecular flexibility index (Phi) is 7.98. The highest BCUT2D eigenvalue weighted by Crippen LogP contribution is 2.26. The minimum absolute atomic E-state index is 0.00834. The first-order chi connectivity index (χ1) is 15.8. The third kappa shape index (κ3) is 6.06. The van der Waals surface area contributed by atoms with E-state index in [4.69, 9.17) is 17.0 Å². The third-order valence-corrected chi connectivity index (χ3v) is 5.64. The van der Waals surface area contributed by atoms with E-state index >= 15 is 0 Å². The van der Waals surface area contributed by atoms with Crippen molar-refractivity contribution in [2.75, 3.05) is 12.0 Å². The van der Waals surface area contributed by atoms with Crippen molar-refractivity contribution in [1.82, 2.24) is 9.99 Å². The van der Waals surface area contributed by atoms with Crippen molar-refractivity contribution in [2.45, 2.75) is 20.3 Å². The van der Waals surface area contributed by atoms with Crippen molar-refractivity contribution in [1.29, 1.82) is 5.26 Å². The van der Waals surface area contributed by atoms with E-state index in [1.54, 1.807) is 38.1 Å². The van der Waals surface area contributed by atoms with Gasteiger partial charge >= 0.3 is 0 Å². The first kappa shape index (κ1) is 24.2. The van der Waals surface area contributed by atoms with Crippen LogP contribution in [0.3, 0.4) is 0 Å². The molecule has 0 unspecified atom stereocenters. The fraction of sp³-hybridized carbons (Fsp3) is 0.167. The summed E-state index contributed by atoms with van der Waals surface area (Å²) in [5, 5.41) is 11.7. The summed E-state index contributed by atoms with van der Waals surface area (Å²) in [6, 6.07) is 18.5. The zero-order valence-electron chi connectivity index (χ0n) is 18.0. The van der Waals surface area contributed by atoms with Crippen molar-refractivity contribution < 1.29 is 9.53 Å². The van der Waals surface area contributed by atoms with Gasteiger partial charge in [-0.3, -0.25) is 20.3 Å². The standard InChI is InChI=1S/C24H21BrN4O3S/c1-15-12-16(2)29(23(31)19(15)14-26)28-24(33)27-22(30)18-8-9-21(20(25)13-18)32-11-10-17-6-4-3-5-7-17/h3-9,12-13H,10-11H2,1-2H3,(H2,27,28,30,33). The molecule has 168 valence electrons. The van der Waals surface area contributed by atoms with E-state index in [2.05, 4.69) is 26.7 Å². The van der Waals surface area contributed by atoms with Crippen molar-refractivity contribution in [3.63, 3.8) is 0 Å². The fourth-order valence-corrected chi connectivity index (χ4v) is 3.83. The maximum atomic E-state index is 12.6. The third-order valence-electron chi connectivity index (χ3n) is 4.83. The Labute approximate surface area is 205 Å². The SMILES string of the molecule is Cc1cc(C)n(NC(=S)NC(=O)c2ccc(OCCc3ccccc3)c(Br)c2)c(=O)c1C#N. The summed E-state index contributed by atoms with van der Waals surface area (Å²) in [4.78, 5) is 25.1. The molecule has 0 saturated carbocycles. The number of nitriles is 1. The number of nitrogens with zero attached hydrogens (tertiary/aromatic N) is 2. The zero-order chi connectivity index (χ0) is 24.0. The molecule has 0 spiro atoms. The number of halogens is 1. The van der Waals surface area contributed by atoms with E-state index in [9.17, 15) is 14.9 Å². The lowest BCUT2D eigenvalue weighted by atomic mass is 10.1. The molecule has 0 fully saturated rings. The normalized spacial score (nSPS) is 10.2. The number of thiocarbonyl (C=S) groups is 1. The number of aromatic nitrogens is 1. The molecule has 1 heterocycles. The smallest absolute Gasteiger partial charge is 0.287 e. The topological polar surface area (TPSA) is 96.2 Å². The van der Waals surface area contributed by atoms with Crippen LogP contribution in [0.5, 0.6) is 5.75 Å². The quantitative estimate of drug-likeness (QED) is 0.473. The molecule has 2 aromatic carbocycles. The second kappa shape index (κ2) is 10.9. The van der Waals surface area contributed by atoms with Crippen LogP contribution < -0.4 is 21.0 Å². The molecule has 0 saturated heterocycles. The van der Waals surface area contributed by atoms with Crippen molar-refractivity contribution in [3.05, 3.63) is 97.4 Å². The van der Waals surface area contributed by atoms with E-state index in [1.807, 2.05) is 36.4 Å². The lowest BCUT2D eigenvalue weighted by molar-refractivity contribution is 0.0977. The van der Waals surface area contributed by atoms with Gasteiger partial charge in [-0.05, 0) is 77.4 Å². The molecule has 0 aliphatic rings. The number of pyridine rings is 1. The van der Waals surface area contributed by atoms with E-state index in [1.165, 1.54) is 5.56 Å². The van der Waals surface area contributed by atoms with E-state index in [0.717, 1.165) is 11.1 Å².